The Morgan fingerprint density at radius 2 is 2.06 bits per heavy atom. The second-order valence-corrected chi connectivity index (χ2v) is 4.43. The second kappa shape index (κ2) is 7.01. The standard InChI is InChI=1S/C14H21NO3/c1-3-14(2,13(16)17)15-10-7-11-18-12-8-5-4-6-9-12/h4-6,8-9,15H,3,7,10-11H2,1-2H3,(H,16,17). The molecule has 1 atom stereocenters. The van der Waals surface area contributed by atoms with Crippen molar-refractivity contribution in [2.24, 2.45) is 0 Å². The maximum absolute atomic E-state index is 11.0. The molecule has 1 aromatic rings. The lowest BCUT2D eigenvalue weighted by molar-refractivity contribution is -0.144. The van der Waals surface area contributed by atoms with E-state index in [0.717, 1.165) is 12.2 Å². The largest absolute Gasteiger partial charge is 0.494 e. The summed E-state index contributed by atoms with van der Waals surface area (Å²) in [5.41, 5.74) is -0.841. The molecule has 0 radical (unpaired) electrons. The van der Waals surface area contributed by atoms with E-state index in [4.69, 9.17) is 9.84 Å². The van der Waals surface area contributed by atoms with Gasteiger partial charge in [-0.2, -0.15) is 0 Å². The van der Waals surface area contributed by atoms with Crippen molar-refractivity contribution in [1.29, 1.82) is 0 Å². The predicted molar refractivity (Wildman–Crippen MR) is 70.9 cm³/mol. The van der Waals surface area contributed by atoms with Crippen LogP contribution >= 0.6 is 0 Å². The predicted octanol–water partition coefficient (Wildman–Crippen LogP) is 2.30. The summed E-state index contributed by atoms with van der Waals surface area (Å²) in [6.45, 7) is 4.77. The highest BCUT2D eigenvalue weighted by atomic mass is 16.5. The Labute approximate surface area is 108 Å². The van der Waals surface area contributed by atoms with Crippen LogP contribution in [0, 0.1) is 0 Å². The van der Waals surface area contributed by atoms with Crippen molar-refractivity contribution in [2.75, 3.05) is 13.2 Å². The monoisotopic (exact) mass is 251 g/mol. The molecule has 0 fully saturated rings. The fraction of sp³-hybridized carbons (Fsp3) is 0.500. The normalized spacial score (nSPS) is 13.9. The Kier molecular flexibility index (Phi) is 5.65. The number of para-hydroxylation sites is 1. The van der Waals surface area contributed by atoms with E-state index in [-0.39, 0.29) is 0 Å². The third-order valence-electron chi connectivity index (χ3n) is 3.03. The number of hydrogen-bond acceptors (Lipinski definition) is 3. The second-order valence-electron chi connectivity index (χ2n) is 4.43. The Balaban J connectivity index is 2.21. The minimum atomic E-state index is -0.841. The summed E-state index contributed by atoms with van der Waals surface area (Å²) < 4.78 is 5.53. The van der Waals surface area contributed by atoms with Gasteiger partial charge in [0.2, 0.25) is 0 Å². The Bertz CT molecular complexity index is 367. The van der Waals surface area contributed by atoms with Gasteiger partial charge in [-0.15, -0.1) is 0 Å². The molecule has 0 saturated carbocycles. The van der Waals surface area contributed by atoms with Crippen LogP contribution in [0.2, 0.25) is 0 Å². The lowest BCUT2D eigenvalue weighted by Crippen LogP contribution is -2.49. The van der Waals surface area contributed by atoms with E-state index in [1.165, 1.54) is 0 Å². The van der Waals surface area contributed by atoms with E-state index < -0.39 is 11.5 Å². The van der Waals surface area contributed by atoms with Gasteiger partial charge in [0.25, 0.3) is 0 Å². The van der Waals surface area contributed by atoms with Gasteiger partial charge in [-0.3, -0.25) is 4.79 Å². The molecule has 0 aliphatic rings. The molecule has 0 heterocycles. The summed E-state index contributed by atoms with van der Waals surface area (Å²) in [4.78, 5) is 11.0. The van der Waals surface area contributed by atoms with Gasteiger partial charge in [-0.1, -0.05) is 25.1 Å². The van der Waals surface area contributed by atoms with Crippen molar-refractivity contribution in [2.45, 2.75) is 32.2 Å². The number of carboxylic acids is 1. The molecule has 2 N–H and O–H groups in total. The first-order valence-electron chi connectivity index (χ1n) is 6.25. The summed E-state index contributed by atoms with van der Waals surface area (Å²) in [7, 11) is 0. The topological polar surface area (TPSA) is 58.6 Å². The van der Waals surface area contributed by atoms with Gasteiger partial charge in [0.05, 0.1) is 6.61 Å². The molecule has 18 heavy (non-hydrogen) atoms. The number of benzene rings is 1. The SMILES string of the molecule is CCC(C)(NCCCOc1ccccc1)C(=O)O. The molecule has 100 valence electrons. The third kappa shape index (κ3) is 4.37. The van der Waals surface area contributed by atoms with Crippen molar-refractivity contribution < 1.29 is 14.6 Å². The summed E-state index contributed by atoms with van der Waals surface area (Å²) in [5, 5.41) is 12.1. The van der Waals surface area contributed by atoms with Crippen LogP contribution in [0.5, 0.6) is 5.75 Å². The van der Waals surface area contributed by atoms with Crippen LogP contribution in [0.4, 0.5) is 0 Å². The van der Waals surface area contributed by atoms with Crippen LogP contribution in [-0.4, -0.2) is 29.8 Å². The van der Waals surface area contributed by atoms with Gasteiger partial charge in [0, 0.05) is 0 Å². The van der Waals surface area contributed by atoms with E-state index in [1.807, 2.05) is 37.3 Å². The van der Waals surface area contributed by atoms with Crippen molar-refractivity contribution in [3.8, 4) is 5.75 Å². The number of hydrogen-bond donors (Lipinski definition) is 2. The van der Waals surface area contributed by atoms with Crippen LogP contribution in [0.1, 0.15) is 26.7 Å². The molecule has 0 bridgehead atoms. The van der Waals surface area contributed by atoms with E-state index in [1.54, 1.807) is 6.92 Å². The first-order valence-corrected chi connectivity index (χ1v) is 6.25. The number of rotatable bonds is 8. The quantitative estimate of drug-likeness (QED) is 0.696. The zero-order valence-corrected chi connectivity index (χ0v) is 11.0. The number of nitrogens with one attached hydrogen (secondary N) is 1. The smallest absolute Gasteiger partial charge is 0.323 e. The summed E-state index contributed by atoms with van der Waals surface area (Å²) in [5.74, 6) is 0.0305. The van der Waals surface area contributed by atoms with Crippen molar-refractivity contribution in [3.63, 3.8) is 0 Å². The average Bonchev–Trinajstić information content (AvgIpc) is 2.39. The highest BCUT2D eigenvalue weighted by Gasteiger charge is 2.29. The van der Waals surface area contributed by atoms with Crippen LogP contribution in [0.15, 0.2) is 30.3 Å². The minimum absolute atomic E-state index is 0.557. The van der Waals surface area contributed by atoms with Crippen LogP contribution in [0.3, 0.4) is 0 Å². The maximum Gasteiger partial charge on any atom is 0.323 e. The van der Waals surface area contributed by atoms with Crippen molar-refractivity contribution in [1.82, 2.24) is 5.32 Å². The summed E-state index contributed by atoms with van der Waals surface area (Å²) >= 11 is 0. The Morgan fingerprint density at radius 3 is 2.61 bits per heavy atom. The zero-order valence-electron chi connectivity index (χ0n) is 11.0. The summed E-state index contributed by atoms with van der Waals surface area (Å²) in [6.07, 6.45) is 1.33. The average molecular weight is 251 g/mol. The first kappa shape index (κ1) is 14.5. The molecule has 0 aromatic heterocycles. The molecule has 0 spiro atoms. The Hall–Kier alpha value is -1.55. The van der Waals surface area contributed by atoms with Gasteiger partial charge in [-0.05, 0) is 38.4 Å². The van der Waals surface area contributed by atoms with E-state index >= 15 is 0 Å². The van der Waals surface area contributed by atoms with Gasteiger partial charge >= 0.3 is 5.97 Å². The molecule has 4 heteroatoms. The molecule has 4 nitrogen and oxygen atoms in total. The van der Waals surface area contributed by atoms with Gasteiger partial charge in [-0.25, -0.2) is 0 Å². The number of carbonyl (C=O) groups is 1. The van der Waals surface area contributed by atoms with E-state index in [9.17, 15) is 4.79 Å². The minimum Gasteiger partial charge on any atom is -0.494 e. The first-order chi connectivity index (χ1) is 8.58. The molecule has 0 amide bonds. The van der Waals surface area contributed by atoms with Gasteiger partial charge in [0.1, 0.15) is 11.3 Å². The molecule has 0 aliphatic heterocycles. The van der Waals surface area contributed by atoms with Crippen LogP contribution in [-0.2, 0) is 4.79 Å². The molecular formula is C14H21NO3. The molecule has 1 unspecified atom stereocenters. The highest BCUT2D eigenvalue weighted by molar-refractivity contribution is 5.78. The highest BCUT2D eigenvalue weighted by Crippen LogP contribution is 2.10. The lowest BCUT2D eigenvalue weighted by atomic mass is 9.99. The number of ether oxygens (including phenoxy) is 1. The van der Waals surface area contributed by atoms with Crippen LogP contribution in [0.25, 0.3) is 0 Å². The van der Waals surface area contributed by atoms with E-state index in [2.05, 4.69) is 5.32 Å². The Morgan fingerprint density at radius 1 is 1.39 bits per heavy atom. The lowest BCUT2D eigenvalue weighted by Gasteiger charge is -2.24. The van der Waals surface area contributed by atoms with E-state index in [0.29, 0.717) is 19.6 Å². The fourth-order valence-electron chi connectivity index (χ4n) is 1.50. The number of aliphatic carboxylic acids is 1. The zero-order chi connectivity index (χ0) is 13.4. The van der Waals surface area contributed by atoms with Crippen molar-refractivity contribution in [3.05, 3.63) is 30.3 Å². The summed E-state index contributed by atoms with van der Waals surface area (Å²) in [6, 6.07) is 9.59. The number of carboxylic acid groups (broad SMARTS) is 1. The molecule has 0 saturated heterocycles. The molecular weight excluding hydrogens is 230 g/mol. The fourth-order valence-corrected chi connectivity index (χ4v) is 1.50. The van der Waals surface area contributed by atoms with Crippen LogP contribution < -0.4 is 10.1 Å². The maximum atomic E-state index is 11.0. The third-order valence-corrected chi connectivity index (χ3v) is 3.03. The molecule has 1 rings (SSSR count). The van der Waals surface area contributed by atoms with Gasteiger partial charge in [0.15, 0.2) is 0 Å². The van der Waals surface area contributed by atoms with Crippen molar-refractivity contribution >= 4 is 5.97 Å². The molecule has 0 aliphatic carbocycles. The van der Waals surface area contributed by atoms with Gasteiger partial charge < -0.3 is 15.2 Å². The molecule has 1 aromatic carbocycles.